The summed E-state index contributed by atoms with van der Waals surface area (Å²) in [5, 5.41) is 15.0. The molecule has 4 rings (SSSR count). The number of hydrogen-bond donors (Lipinski definition) is 3. The van der Waals surface area contributed by atoms with Crippen molar-refractivity contribution in [2.24, 2.45) is 17.3 Å². The molecule has 2 aliphatic rings. The zero-order valence-corrected chi connectivity index (χ0v) is 20.5. The molecule has 2 amide bonds. The minimum atomic E-state index is -0.817. The van der Waals surface area contributed by atoms with E-state index >= 15 is 0 Å². The smallest absolute Gasteiger partial charge is 0.407 e. The van der Waals surface area contributed by atoms with Crippen molar-refractivity contribution in [3.05, 3.63) is 59.7 Å². The van der Waals surface area contributed by atoms with E-state index in [1.165, 1.54) is 0 Å². The highest BCUT2D eigenvalue weighted by atomic mass is 16.5. The molecule has 0 aromatic heterocycles. The van der Waals surface area contributed by atoms with Gasteiger partial charge in [-0.3, -0.25) is 9.59 Å². The Hall–Kier alpha value is -3.35. The number of benzene rings is 2. The molecule has 1 saturated carbocycles. The molecule has 7 heteroatoms. The summed E-state index contributed by atoms with van der Waals surface area (Å²) in [6.45, 7) is 6.07. The van der Waals surface area contributed by atoms with Crippen LogP contribution in [0.4, 0.5) is 4.79 Å². The number of amides is 2. The van der Waals surface area contributed by atoms with Crippen molar-refractivity contribution < 1.29 is 24.2 Å². The molecule has 2 aliphatic carbocycles. The Morgan fingerprint density at radius 2 is 1.60 bits per heavy atom. The summed E-state index contributed by atoms with van der Waals surface area (Å²) in [5.74, 6) is -1.73. The maximum Gasteiger partial charge on any atom is 0.407 e. The lowest BCUT2D eigenvalue weighted by atomic mass is 9.86. The molecule has 0 aliphatic heterocycles. The second-order valence-corrected chi connectivity index (χ2v) is 10.6. The molecule has 35 heavy (non-hydrogen) atoms. The third-order valence-electron chi connectivity index (χ3n) is 7.25. The van der Waals surface area contributed by atoms with Gasteiger partial charge in [-0.25, -0.2) is 4.79 Å². The van der Waals surface area contributed by atoms with Crippen LogP contribution in [0.1, 0.15) is 57.1 Å². The summed E-state index contributed by atoms with van der Waals surface area (Å²) >= 11 is 0. The highest BCUT2D eigenvalue weighted by molar-refractivity contribution is 5.86. The van der Waals surface area contributed by atoms with Gasteiger partial charge in [-0.1, -0.05) is 75.7 Å². The van der Waals surface area contributed by atoms with E-state index < -0.39 is 29.4 Å². The minimum Gasteiger partial charge on any atom is -0.481 e. The van der Waals surface area contributed by atoms with Crippen LogP contribution < -0.4 is 10.6 Å². The highest BCUT2D eigenvalue weighted by Gasteiger charge is 2.37. The SMILES string of the molecule is CC(C)(C)[C@@H](NC(=O)OCC1c2ccccc2-c2ccccc21)C(=O)NC[C@H]1CCC[C@H]1C(=O)O. The van der Waals surface area contributed by atoms with Crippen LogP contribution in [0.3, 0.4) is 0 Å². The van der Waals surface area contributed by atoms with Gasteiger partial charge in [0.25, 0.3) is 0 Å². The largest absolute Gasteiger partial charge is 0.481 e. The van der Waals surface area contributed by atoms with Gasteiger partial charge < -0.3 is 20.5 Å². The number of nitrogens with one attached hydrogen (secondary N) is 2. The number of hydrogen-bond acceptors (Lipinski definition) is 4. The zero-order chi connectivity index (χ0) is 25.2. The molecule has 3 N–H and O–H groups in total. The molecule has 0 unspecified atom stereocenters. The average Bonchev–Trinajstić information content (AvgIpc) is 3.42. The van der Waals surface area contributed by atoms with E-state index in [0.717, 1.165) is 35.1 Å². The first-order chi connectivity index (χ1) is 16.7. The Morgan fingerprint density at radius 3 is 2.17 bits per heavy atom. The third-order valence-corrected chi connectivity index (χ3v) is 7.25. The van der Waals surface area contributed by atoms with Crippen LogP contribution in [0.2, 0.25) is 0 Å². The topological polar surface area (TPSA) is 105 Å². The fourth-order valence-electron chi connectivity index (χ4n) is 5.37. The Morgan fingerprint density at radius 1 is 1.00 bits per heavy atom. The Labute approximate surface area is 206 Å². The fraction of sp³-hybridized carbons (Fsp3) is 0.464. The predicted octanol–water partition coefficient (Wildman–Crippen LogP) is 4.56. The van der Waals surface area contributed by atoms with Crippen LogP contribution in [0.25, 0.3) is 11.1 Å². The number of aliphatic carboxylic acids is 1. The van der Waals surface area contributed by atoms with Crippen LogP contribution in [-0.4, -0.2) is 42.3 Å². The van der Waals surface area contributed by atoms with Gasteiger partial charge in [0.2, 0.25) is 5.91 Å². The number of carboxylic acid groups (broad SMARTS) is 1. The van der Waals surface area contributed by atoms with Gasteiger partial charge in [0.15, 0.2) is 0 Å². The van der Waals surface area contributed by atoms with E-state index in [9.17, 15) is 19.5 Å². The molecule has 7 nitrogen and oxygen atoms in total. The molecular formula is C28H34N2O5. The summed E-state index contributed by atoms with van der Waals surface area (Å²) in [5.41, 5.74) is 3.98. The van der Waals surface area contributed by atoms with Gasteiger partial charge in [-0.15, -0.1) is 0 Å². The van der Waals surface area contributed by atoms with Gasteiger partial charge in [0.1, 0.15) is 12.6 Å². The van der Waals surface area contributed by atoms with Crippen molar-refractivity contribution in [3.63, 3.8) is 0 Å². The second-order valence-electron chi connectivity index (χ2n) is 10.6. The molecule has 0 spiro atoms. The summed E-state index contributed by atoms with van der Waals surface area (Å²) in [6.07, 6.45) is 1.61. The Bertz CT molecular complexity index is 1060. The quantitative estimate of drug-likeness (QED) is 0.541. The van der Waals surface area contributed by atoms with Gasteiger partial charge in [-0.2, -0.15) is 0 Å². The number of rotatable bonds is 7. The van der Waals surface area contributed by atoms with E-state index in [4.69, 9.17) is 4.74 Å². The molecule has 0 bridgehead atoms. The summed E-state index contributed by atoms with van der Waals surface area (Å²) in [6, 6.07) is 15.4. The summed E-state index contributed by atoms with van der Waals surface area (Å²) < 4.78 is 5.63. The third kappa shape index (κ3) is 5.34. The lowest BCUT2D eigenvalue weighted by molar-refractivity contribution is -0.143. The number of carbonyl (C=O) groups excluding carboxylic acids is 2. The summed E-state index contributed by atoms with van der Waals surface area (Å²) in [4.78, 5) is 37.3. The van der Waals surface area contributed by atoms with Crippen LogP contribution in [0.5, 0.6) is 0 Å². The molecule has 0 heterocycles. The molecule has 186 valence electrons. The van der Waals surface area contributed by atoms with E-state index in [0.29, 0.717) is 6.42 Å². The number of ether oxygens (including phenoxy) is 1. The van der Waals surface area contributed by atoms with E-state index in [2.05, 4.69) is 34.9 Å². The van der Waals surface area contributed by atoms with Gasteiger partial charge in [0.05, 0.1) is 5.92 Å². The minimum absolute atomic E-state index is 0.0645. The summed E-state index contributed by atoms with van der Waals surface area (Å²) in [7, 11) is 0. The molecule has 2 aromatic rings. The van der Waals surface area contributed by atoms with Crippen molar-refractivity contribution in [2.45, 2.75) is 52.0 Å². The normalized spacial score (nSPS) is 20.0. The van der Waals surface area contributed by atoms with Crippen molar-refractivity contribution in [3.8, 4) is 11.1 Å². The average molecular weight is 479 g/mol. The van der Waals surface area contributed by atoms with Crippen LogP contribution >= 0.6 is 0 Å². The Kier molecular flexibility index (Phi) is 7.15. The van der Waals surface area contributed by atoms with Gasteiger partial charge >= 0.3 is 12.1 Å². The molecule has 0 saturated heterocycles. The van der Waals surface area contributed by atoms with E-state index in [1.54, 1.807) is 0 Å². The monoisotopic (exact) mass is 478 g/mol. The second kappa shape index (κ2) is 10.1. The molecular weight excluding hydrogens is 444 g/mol. The number of fused-ring (bicyclic) bond motifs is 3. The number of alkyl carbamates (subject to hydrolysis) is 1. The zero-order valence-electron chi connectivity index (χ0n) is 20.5. The van der Waals surface area contributed by atoms with E-state index in [-0.39, 0.29) is 30.9 Å². The first-order valence-electron chi connectivity index (χ1n) is 12.3. The molecule has 0 radical (unpaired) electrons. The number of carboxylic acids is 1. The van der Waals surface area contributed by atoms with Gasteiger partial charge in [0, 0.05) is 12.5 Å². The number of carbonyl (C=O) groups is 3. The van der Waals surface area contributed by atoms with Crippen molar-refractivity contribution in [1.82, 2.24) is 10.6 Å². The van der Waals surface area contributed by atoms with Crippen LogP contribution in [-0.2, 0) is 14.3 Å². The fourth-order valence-corrected chi connectivity index (χ4v) is 5.37. The lowest BCUT2D eigenvalue weighted by Crippen LogP contribution is -2.54. The first kappa shape index (κ1) is 24.8. The predicted molar refractivity (Wildman–Crippen MR) is 133 cm³/mol. The standard InChI is InChI=1S/C28H34N2O5/c1-28(2,3)24(25(31)29-15-17-9-8-14-18(17)26(32)33)30-27(34)35-16-23-21-12-6-4-10-19(21)20-11-5-7-13-22(20)23/h4-7,10-13,17-18,23-24H,8-9,14-16H2,1-3H3,(H,29,31)(H,30,34)(H,32,33)/t17-,18-,24+/m1/s1. The Balaban J connectivity index is 1.38. The lowest BCUT2D eigenvalue weighted by Gasteiger charge is -2.30. The molecule has 2 aromatic carbocycles. The van der Waals surface area contributed by atoms with Crippen LogP contribution in [0, 0.1) is 17.3 Å². The van der Waals surface area contributed by atoms with Crippen molar-refractivity contribution in [2.75, 3.05) is 13.2 Å². The maximum atomic E-state index is 13.0. The van der Waals surface area contributed by atoms with Gasteiger partial charge in [-0.05, 0) is 46.4 Å². The molecule has 3 atom stereocenters. The maximum absolute atomic E-state index is 13.0. The first-order valence-corrected chi connectivity index (χ1v) is 12.3. The van der Waals surface area contributed by atoms with Crippen LogP contribution in [0.15, 0.2) is 48.5 Å². The van der Waals surface area contributed by atoms with Crippen molar-refractivity contribution >= 4 is 18.0 Å². The highest BCUT2D eigenvalue weighted by Crippen LogP contribution is 2.44. The van der Waals surface area contributed by atoms with E-state index in [1.807, 2.05) is 45.0 Å². The molecule has 1 fully saturated rings. The van der Waals surface area contributed by atoms with Crippen molar-refractivity contribution in [1.29, 1.82) is 0 Å².